The van der Waals surface area contributed by atoms with Crippen LogP contribution >= 0.6 is 11.6 Å². The van der Waals surface area contributed by atoms with Crippen LogP contribution in [0.15, 0.2) is 30.5 Å². The first-order valence-electron chi connectivity index (χ1n) is 5.41. The Morgan fingerprint density at radius 1 is 1.39 bits per heavy atom. The third-order valence-electron chi connectivity index (χ3n) is 2.42. The Morgan fingerprint density at radius 3 is 2.94 bits per heavy atom. The quantitative estimate of drug-likeness (QED) is 0.859. The number of nitrogens with zero attached hydrogens (tertiary/aromatic N) is 3. The number of rotatable bonds is 3. The summed E-state index contributed by atoms with van der Waals surface area (Å²) in [6, 6.07) is 9.76. The number of aryl methyl sites for hydroxylation is 1. The predicted octanol–water partition coefficient (Wildman–Crippen LogP) is 3.25. The van der Waals surface area contributed by atoms with Crippen LogP contribution in [-0.4, -0.2) is 9.97 Å². The summed E-state index contributed by atoms with van der Waals surface area (Å²) in [6.07, 6.45) is 1.93. The number of nitriles is 1. The highest BCUT2D eigenvalue weighted by atomic mass is 35.5. The number of hydrogen-bond acceptors (Lipinski definition) is 4. The van der Waals surface area contributed by atoms with Crippen molar-refractivity contribution in [1.82, 2.24) is 9.97 Å². The van der Waals surface area contributed by atoms with E-state index in [1.165, 1.54) is 0 Å². The van der Waals surface area contributed by atoms with Gasteiger partial charge in [0.2, 0.25) is 5.28 Å². The molecule has 0 unspecified atom stereocenters. The van der Waals surface area contributed by atoms with E-state index in [9.17, 15) is 0 Å². The molecule has 0 saturated heterocycles. The SMILES string of the molecule is Cc1ccc(Nc2ccnc(Cl)n2)c(CC#N)c1. The number of halogens is 1. The normalized spacial score (nSPS) is 9.83. The van der Waals surface area contributed by atoms with Crippen molar-refractivity contribution in [3.05, 3.63) is 46.9 Å². The average Bonchev–Trinajstić information content (AvgIpc) is 2.33. The second-order valence-electron chi connectivity index (χ2n) is 3.83. The minimum atomic E-state index is 0.189. The Morgan fingerprint density at radius 2 is 2.22 bits per heavy atom. The molecule has 1 heterocycles. The number of nitrogens with one attached hydrogen (secondary N) is 1. The monoisotopic (exact) mass is 258 g/mol. The topological polar surface area (TPSA) is 61.6 Å². The first-order chi connectivity index (χ1) is 8.69. The van der Waals surface area contributed by atoms with Gasteiger partial charge < -0.3 is 5.32 Å². The van der Waals surface area contributed by atoms with Gasteiger partial charge in [0.1, 0.15) is 5.82 Å². The molecule has 2 rings (SSSR count). The molecular weight excluding hydrogens is 248 g/mol. The molecule has 0 radical (unpaired) electrons. The summed E-state index contributed by atoms with van der Waals surface area (Å²) in [4.78, 5) is 7.87. The molecule has 1 aromatic carbocycles. The second kappa shape index (κ2) is 5.48. The van der Waals surface area contributed by atoms with Gasteiger partial charge in [-0.15, -0.1) is 0 Å². The van der Waals surface area contributed by atoms with Crippen molar-refractivity contribution in [3.8, 4) is 6.07 Å². The van der Waals surface area contributed by atoms with Crippen molar-refractivity contribution in [2.24, 2.45) is 0 Å². The molecule has 0 bridgehead atoms. The Labute approximate surface area is 110 Å². The molecule has 1 N–H and O–H groups in total. The molecule has 1 aromatic heterocycles. The molecule has 0 amide bonds. The van der Waals surface area contributed by atoms with E-state index in [4.69, 9.17) is 16.9 Å². The zero-order valence-corrected chi connectivity index (χ0v) is 10.6. The number of anilines is 2. The maximum Gasteiger partial charge on any atom is 0.224 e. The van der Waals surface area contributed by atoms with Crippen molar-refractivity contribution in [3.63, 3.8) is 0 Å². The van der Waals surface area contributed by atoms with E-state index >= 15 is 0 Å². The Balaban J connectivity index is 2.31. The summed E-state index contributed by atoms with van der Waals surface area (Å²) >= 11 is 5.72. The van der Waals surface area contributed by atoms with Gasteiger partial charge in [-0.2, -0.15) is 5.26 Å². The second-order valence-corrected chi connectivity index (χ2v) is 4.17. The van der Waals surface area contributed by atoms with Crippen molar-refractivity contribution >= 4 is 23.1 Å². The van der Waals surface area contributed by atoms with Crippen LogP contribution < -0.4 is 5.32 Å². The highest BCUT2D eigenvalue weighted by Gasteiger charge is 2.04. The lowest BCUT2D eigenvalue weighted by molar-refractivity contribution is 1.16. The van der Waals surface area contributed by atoms with E-state index in [0.717, 1.165) is 16.8 Å². The van der Waals surface area contributed by atoms with E-state index in [1.807, 2.05) is 25.1 Å². The third-order valence-corrected chi connectivity index (χ3v) is 2.60. The van der Waals surface area contributed by atoms with E-state index in [2.05, 4.69) is 21.4 Å². The fraction of sp³-hybridized carbons (Fsp3) is 0.154. The Hall–Kier alpha value is -2.12. The average molecular weight is 259 g/mol. The van der Waals surface area contributed by atoms with E-state index in [1.54, 1.807) is 12.3 Å². The van der Waals surface area contributed by atoms with E-state index in [-0.39, 0.29) is 5.28 Å². The summed E-state index contributed by atoms with van der Waals surface area (Å²) in [5.74, 6) is 0.609. The van der Waals surface area contributed by atoms with Gasteiger partial charge in [0, 0.05) is 11.9 Å². The van der Waals surface area contributed by atoms with Crippen LogP contribution in [0.4, 0.5) is 11.5 Å². The number of aromatic nitrogens is 2. The van der Waals surface area contributed by atoms with Crippen molar-refractivity contribution in [1.29, 1.82) is 5.26 Å². The van der Waals surface area contributed by atoms with E-state index in [0.29, 0.717) is 12.2 Å². The Kier molecular flexibility index (Phi) is 3.75. The maximum atomic E-state index is 8.82. The molecule has 0 fully saturated rings. The fourth-order valence-electron chi connectivity index (χ4n) is 1.62. The van der Waals surface area contributed by atoms with Crippen LogP contribution in [0.3, 0.4) is 0 Å². The molecule has 0 spiro atoms. The molecule has 4 nitrogen and oxygen atoms in total. The molecule has 18 heavy (non-hydrogen) atoms. The fourth-order valence-corrected chi connectivity index (χ4v) is 1.77. The van der Waals surface area contributed by atoms with Gasteiger partial charge in [0.15, 0.2) is 0 Å². The first-order valence-corrected chi connectivity index (χ1v) is 5.79. The molecular formula is C13H11ClN4. The third kappa shape index (κ3) is 2.96. The zero-order chi connectivity index (χ0) is 13.0. The van der Waals surface area contributed by atoms with Gasteiger partial charge in [0.25, 0.3) is 0 Å². The van der Waals surface area contributed by atoms with Crippen LogP contribution in [0.1, 0.15) is 11.1 Å². The lowest BCUT2D eigenvalue weighted by Gasteiger charge is -2.10. The molecule has 2 aromatic rings. The first kappa shape index (κ1) is 12.3. The van der Waals surface area contributed by atoms with Crippen molar-refractivity contribution in [2.45, 2.75) is 13.3 Å². The smallest absolute Gasteiger partial charge is 0.224 e. The molecule has 0 aliphatic heterocycles. The van der Waals surface area contributed by atoms with Gasteiger partial charge in [-0.25, -0.2) is 9.97 Å². The number of hydrogen-bond donors (Lipinski definition) is 1. The summed E-state index contributed by atoms with van der Waals surface area (Å²) in [5.41, 5.74) is 2.91. The Bertz CT molecular complexity index is 604. The van der Waals surface area contributed by atoms with Gasteiger partial charge in [-0.05, 0) is 36.2 Å². The van der Waals surface area contributed by atoms with Crippen molar-refractivity contribution in [2.75, 3.05) is 5.32 Å². The highest BCUT2D eigenvalue weighted by molar-refractivity contribution is 6.28. The summed E-state index contributed by atoms with van der Waals surface area (Å²) < 4.78 is 0. The number of benzene rings is 1. The summed E-state index contributed by atoms with van der Waals surface area (Å²) in [7, 11) is 0. The molecule has 0 aliphatic carbocycles. The van der Waals surface area contributed by atoms with Gasteiger partial charge in [0.05, 0.1) is 12.5 Å². The van der Waals surface area contributed by atoms with Crippen LogP contribution in [0.5, 0.6) is 0 Å². The summed E-state index contributed by atoms with van der Waals surface area (Å²) in [5, 5.41) is 12.1. The molecule has 0 atom stereocenters. The van der Waals surface area contributed by atoms with Crippen molar-refractivity contribution < 1.29 is 0 Å². The lowest BCUT2D eigenvalue weighted by atomic mass is 10.1. The zero-order valence-electron chi connectivity index (χ0n) is 9.81. The predicted molar refractivity (Wildman–Crippen MR) is 70.8 cm³/mol. The van der Waals surface area contributed by atoms with Crippen LogP contribution in [0, 0.1) is 18.3 Å². The van der Waals surface area contributed by atoms with Gasteiger partial charge in [-0.3, -0.25) is 0 Å². The molecule has 0 saturated carbocycles. The van der Waals surface area contributed by atoms with Crippen LogP contribution in [0.25, 0.3) is 0 Å². The van der Waals surface area contributed by atoms with E-state index < -0.39 is 0 Å². The summed E-state index contributed by atoms with van der Waals surface area (Å²) in [6.45, 7) is 1.99. The minimum Gasteiger partial charge on any atom is -0.340 e. The van der Waals surface area contributed by atoms with Gasteiger partial charge in [-0.1, -0.05) is 17.7 Å². The van der Waals surface area contributed by atoms with Crippen LogP contribution in [0.2, 0.25) is 5.28 Å². The van der Waals surface area contributed by atoms with Crippen LogP contribution in [-0.2, 0) is 6.42 Å². The lowest BCUT2D eigenvalue weighted by Crippen LogP contribution is -1.98. The van der Waals surface area contributed by atoms with Gasteiger partial charge >= 0.3 is 0 Å². The highest BCUT2D eigenvalue weighted by Crippen LogP contribution is 2.21. The largest absolute Gasteiger partial charge is 0.340 e. The molecule has 5 heteroatoms. The minimum absolute atomic E-state index is 0.189. The molecule has 90 valence electrons. The standard InChI is InChI=1S/C13H11ClN4/c1-9-2-3-11(10(8-9)4-6-15)17-12-5-7-16-13(14)18-12/h2-3,5,7-8H,4H2,1H3,(H,16,17,18). The molecule has 0 aliphatic rings. The maximum absolute atomic E-state index is 8.82.